The Morgan fingerprint density at radius 2 is 2.08 bits per heavy atom. The number of aliphatic carboxylic acids is 1. The standard InChI is InChI=1S/C8H17NO4/c1-8(13,7(11)12)6-9-4-2-3-5-10/h9-10,13H,2-6H2,1H3,(H,11,12). The van der Waals surface area contributed by atoms with Crippen LogP contribution in [0.4, 0.5) is 0 Å². The average Bonchev–Trinajstić information content (AvgIpc) is 2.03. The van der Waals surface area contributed by atoms with Gasteiger partial charge in [0, 0.05) is 13.2 Å². The molecule has 78 valence electrons. The Morgan fingerprint density at radius 3 is 2.54 bits per heavy atom. The number of rotatable bonds is 7. The number of carboxylic acid groups (broad SMARTS) is 1. The molecule has 0 heterocycles. The number of hydrogen-bond acceptors (Lipinski definition) is 4. The van der Waals surface area contributed by atoms with Gasteiger partial charge in [-0.05, 0) is 26.3 Å². The number of hydrogen-bond donors (Lipinski definition) is 4. The Balaban J connectivity index is 3.46. The van der Waals surface area contributed by atoms with Gasteiger partial charge in [0.1, 0.15) is 0 Å². The molecule has 1 unspecified atom stereocenters. The summed E-state index contributed by atoms with van der Waals surface area (Å²) < 4.78 is 0. The topological polar surface area (TPSA) is 89.8 Å². The molecule has 0 fully saturated rings. The molecular weight excluding hydrogens is 174 g/mol. The summed E-state index contributed by atoms with van der Waals surface area (Å²) in [5.41, 5.74) is -1.71. The van der Waals surface area contributed by atoms with Crippen molar-refractivity contribution in [3.63, 3.8) is 0 Å². The number of nitrogens with one attached hydrogen (secondary N) is 1. The van der Waals surface area contributed by atoms with Crippen LogP contribution >= 0.6 is 0 Å². The van der Waals surface area contributed by atoms with Gasteiger partial charge in [0.15, 0.2) is 5.60 Å². The van der Waals surface area contributed by atoms with Gasteiger partial charge < -0.3 is 20.6 Å². The third-order valence-electron chi connectivity index (χ3n) is 1.69. The van der Waals surface area contributed by atoms with Crippen molar-refractivity contribution < 1.29 is 20.1 Å². The van der Waals surface area contributed by atoms with Gasteiger partial charge in [-0.1, -0.05) is 0 Å². The molecule has 5 nitrogen and oxygen atoms in total. The average molecular weight is 191 g/mol. The van der Waals surface area contributed by atoms with Crippen molar-refractivity contribution in [2.45, 2.75) is 25.4 Å². The number of aliphatic hydroxyl groups excluding tert-OH is 1. The molecule has 5 heteroatoms. The van der Waals surface area contributed by atoms with E-state index in [1.54, 1.807) is 0 Å². The number of carboxylic acids is 1. The van der Waals surface area contributed by atoms with Crippen molar-refractivity contribution in [1.29, 1.82) is 0 Å². The predicted octanol–water partition coefficient (Wildman–Crippen LogP) is -0.816. The smallest absolute Gasteiger partial charge is 0.336 e. The SMILES string of the molecule is CC(O)(CNCCCCO)C(=O)O. The maximum atomic E-state index is 10.4. The first-order valence-corrected chi connectivity index (χ1v) is 4.28. The van der Waals surface area contributed by atoms with Crippen molar-refractivity contribution in [2.24, 2.45) is 0 Å². The fraction of sp³-hybridized carbons (Fsp3) is 0.875. The molecule has 0 rings (SSSR count). The third kappa shape index (κ3) is 5.57. The monoisotopic (exact) mass is 191 g/mol. The molecule has 0 aromatic heterocycles. The molecule has 0 aliphatic heterocycles. The van der Waals surface area contributed by atoms with Crippen LogP contribution in [-0.4, -0.2) is 46.6 Å². The summed E-state index contributed by atoms with van der Waals surface area (Å²) in [5, 5.41) is 29.0. The lowest BCUT2D eigenvalue weighted by Gasteiger charge is -2.18. The van der Waals surface area contributed by atoms with Crippen LogP contribution in [0.25, 0.3) is 0 Å². The van der Waals surface area contributed by atoms with Gasteiger partial charge in [0.2, 0.25) is 0 Å². The van der Waals surface area contributed by atoms with E-state index in [9.17, 15) is 9.90 Å². The van der Waals surface area contributed by atoms with Crippen LogP contribution < -0.4 is 5.32 Å². The summed E-state index contributed by atoms with van der Waals surface area (Å²) in [7, 11) is 0. The molecule has 0 saturated heterocycles. The van der Waals surface area contributed by atoms with Crippen molar-refractivity contribution in [3.05, 3.63) is 0 Å². The van der Waals surface area contributed by atoms with Gasteiger partial charge in [-0.3, -0.25) is 0 Å². The maximum absolute atomic E-state index is 10.4. The van der Waals surface area contributed by atoms with Crippen LogP contribution in [0.15, 0.2) is 0 Å². The van der Waals surface area contributed by atoms with Gasteiger partial charge in [-0.2, -0.15) is 0 Å². The van der Waals surface area contributed by atoms with E-state index in [-0.39, 0.29) is 13.2 Å². The Hall–Kier alpha value is -0.650. The largest absolute Gasteiger partial charge is 0.479 e. The fourth-order valence-corrected chi connectivity index (χ4v) is 0.769. The van der Waals surface area contributed by atoms with E-state index in [1.807, 2.05) is 0 Å². The van der Waals surface area contributed by atoms with Crippen LogP contribution in [-0.2, 0) is 4.79 Å². The van der Waals surface area contributed by atoms with E-state index in [2.05, 4.69) is 5.32 Å². The zero-order valence-corrected chi connectivity index (χ0v) is 7.79. The molecule has 13 heavy (non-hydrogen) atoms. The fourth-order valence-electron chi connectivity index (χ4n) is 0.769. The first-order valence-electron chi connectivity index (χ1n) is 4.28. The number of unbranched alkanes of at least 4 members (excludes halogenated alkanes) is 1. The minimum Gasteiger partial charge on any atom is -0.479 e. The van der Waals surface area contributed by atoms with E-state index in [0.717, 1.165) is 6.42 Å². The lowest BCUT2D eigenvalue weighted by atomic mass is 10.1. The summed E-state index contributed by atoms with van der Waals surface area (Å²) in [5.74, 6) is -1.23. The zero-order chi connectivity index (χ0) is 10.3. The highest BCUT2D eigenvalue weighted by molar-refractivity contribution is 5.76. The van der Waals surface area contributed by atoms with E-state index in [4.69, 9.17) is 10.2 Å². The number of carbonyl (C=O) groups is 1. The van der Waals surface area contributed by atoms with E-state index in [0.29, 0.717) is 13.0 Å². The van der Waals surface area contributed by atoms with E-state index in [1.165, 1.54) is 6.92 Å². The van der Waals surface area contributed by atoms with Crippen LogP contribution in [0.2, 0.25) is 0 Å². The van der Waals surface area contributed by atoms with Crippen LogP contribution in [0.5, 0.6) is 0 Å². The second-order valence-electron chi connectivity index (χ2n) is 3.19. The lowest BCUT2D eigenvalue weighted by Crippen LogP contribution is -2.45. The summed E-state index contributed by atoms with van der Waals surface area (Å²) in [6, 6.07) is 0. The summed E-state index contributed by atoms with van der Waals surface area (Å²) in [6.07, 6.45) is 1.45. The Labute approximate surface area is 77.4 Å². The molecular formula is C8H17NO4. The summed E-state index contributed by atoms with van der Waals surface area (Å²) in [4.78, 5) is 10.4. The van der Waals surface area contributed by atoms with E-state index >= 15 is 0 Å². The quantitative estimate of drug-likeness (QED) is 0.395. The highest BCUT2D eigenvalue weighted by atomic mass is 16.4. The van der Waals surface area contributed by atoms with Gasteiger partial charge in [-0.15, -0.1) is 0 Å². The van der Waals surface area contributed by atoms with Gasteiger partial charge in [0.05, 0.1) is 0 Å². The first kappa shape index (κ1) is 12.3. The Kier molecular flexibility index (Phi) is 5.61. The summed E-state index contributed by atoms with van der Waals surface area (Å²) >= 11 is 0. The molecule has 0 aliphatic carbocycles. The highest BCUT2D eigenvalue weighted by Crippen LogP contribution is 2.00. The highest BCUT2D eigenvalue weighted by Gasteiger charge is 2.28. The number of aliphatic hydroxyl groups is 2. The minimum atomic E-state index is -1.71. The second kappa shape index (κ2) is 5.90. The van der Waals surface area contributed by atoms with Gasteiger partial charge in [0.25, 0.3) is 0 Å². The van der Waals surface area contributed by atoms with Crippen molar-refractivity contribution >= 4 is 5.97 Å². The van der Waals surface area contributed by atoms with Crippen molar-refractivity contribution in [1.82, 2.24) is 5.32 Å². The molecule has 0 spiro atoms. The van der Waals surface area contributed by atoms with Crippen LogP contribution in [0, 0.1) is 0 Å². The molecule has 0 radical (unpaired) electrons. The Morgan fingerprint density at radius 1 is 1.46 bits per heavy atom. The summed E-state index contributed by atoms with van der Waals surface area (Å²) in [6.45, 7) is 2.00. The van der Waals surface area contributed by atoms with Crippen molar-refractivity contribution in [3.8, 4) is 0 Å². The zero-order valence-electron chi connectivity index (χ0n) is 7.79. The maximum Gasteiger partial charge on any atom is 0.336 e. The minimum absolute atomic E-state index is 0.0216. The lowest BCUT2D eigenvalue weighted by molar-refractivity contribution is -0.156. The normalized spacial score (nSPS) is 15.3. The molecule has 1 atom stereocenters. The molecule has 4 N–H and O–H groups in total. The third-order valence-corrected chi connectivity index (χ3v) is 1.69. The molecule has 0 aliphatic rings. The van der Waals surface area contributed by atoms with Crippen molar-refractivity contribution in [2.75, 3.05) is 19.7 Å². The van der Waals surface area contributed by atoms with Crippen LogP contribution in [0.1, 0.15) is 19.8 Å². The molecule has 0 saturated carbocycles. The van der Waals surface area contributed by atoms with E-state index < -0.39 is 11.6 Å². The Bertz CT molecular complexity index is 158. The predicted molar refractivity (Wildman–Crippen MR) is 47.4 cm³/mol. The molecule has 0 aromatic carbocycles. The first-order chi connectivity index (χ1) is 6.00. The van der Waals surface area contributed by atoms with Crippen LogP contribution in [0.3, 0.4) is 0 Å². The molecule has 0 amide bonds. The second-order valence-corrected chi connectivity index (χ2v) is 3.19. The molecule has 0 bridgehead atoms. The van der Waals surface area contributed by atoms with Gasteiger partial charge in [-0.25, -0.2) is 4.79 Å². The van der Waals surface area contributed by atoms with Gasteiger partial charge >= 0.3 is 5.97 Å². The molecule has 0 aromatic rings.